The smallest absolute Gasteiger partial charge is 0.505 e. The highest BCUT2D eigenvalue weighted by Crippen LogP contribution is 2.58. The average Bonchev–Trinajstić information content (AvgIpc) is 0.735. The molecule has 0 aromatic heterocycles. The van der Waals surface area contributed by atoms with Gasteiger partial charge in [0.2, 0.25) is 0 Å². The van der Waals surface area contributed by atoms with Crippen LogP contribution in [0.15, 0.2) is 127 Å². The van der Waals surface area contributed by atoms with E-state index in [9.17, 15) is 60.3 Å². The van der Waals surface area contributed by atoms with Crippen LogP contribution in [0.25, 0.3) is 5.57 Å². The number of alkyl halides is 5. The Bertz CT molecular complexity index is 3960. The first-order chi connectivity index (χ1) is 53.0. The third-order valence-corrected chi connectivity index (χ3v) is 24.7. The number of allylic oxidation sites excluding steroid dienone is 4. The number of aliphatic hydroxyl groups is 1. The molecule has 33 heteroatoms. The number of Topliss-reactive ketones (excluding diaryl/α,β-unsaturated/α-hetero) is 1. The van der Waals surface area contributed by atoms with Crippen LogP contribution in [0.2, 0.25) is 20.1 Å². The van der Waals surface area contributed by atoms with E-state index in [1.807, 2.05) is 66.7 Å². The summed E-state index contributed by atoms with van der Waals surface area (Å²) in [6, 6.07) is 29.9. The zero-order valence-electron chi connectivity index (χ0n) is 63.4. The van der Waals surface area contributed by atoms with E-state index in [1.54, 1.807) is 65.3 Å². The summed E-state index contributed by atoms with van der Waals surface area (Å²) in [6.07, 6.45) is 14.1. The first kappa shape index (κ1) is 94.8. The molecule has 0 amide bonds. The van der Waals surface area contributed by atoms with Crippen LogP contribution in [-0.2, 0) is 102 Å². The monoisotopic (exact) mass is 1790 g/mol. The summed E-state index contributed by atoms with van der Waals surface area (Å²) in [5.74, 6) is -4.28. The van der Waals surface area contributed by atoms with E-state index in [0.717, 1.165) is 72.4 Å². The van der Waals surface area contributed by atoms with Crippen molar-refractivity contribution in [3.8, 4) is 0 Å². The highest BCUT2D eigenvalue weighted by atomic mass is 79.9. The minimum Gasteiger partial charge on any atom is -0.505 e. The highest BCUT2D eigenvalue weighted by molar-refractivity contribution is 9.09. The predicted octanol–water partition coefficient (Wildman–Crippen LogP) is 15.5. The van der Waals surface area contributed by atoms with E-state index in [2.05, 4.69) is 54.3 Å². The van der Waals surface area contributed by atoms with Crippen molar-refractivity contribution in [2.45, 2.75) is 171 Å². The first-order valence-corrected chi connectivity index (χ1v) is 41.5. The Labute approximate surface area is 688 Å². The summed E-state index contributed by atoms with van der Waals surface area (Å²) in [6.45, 7) is 12.4. The summed E-state index contributed by atoms with van der Waals surface area (Å²) >= 11 is 31.0. The van der Waals surface area contributed by atoms with Gasteiger partial charge >= 0.3 is 58.6 Å². The van der Waals surface area contributed by atoms with E-state index in [0.29, 0.717) is 46.2 Å². The fourth-order valence-corrected chi connectivity index (χ4v) is 17.6. The Morgan fingerprint density at radius 3 is 1.25 bits per heavy atom. The Morgan fingerprint density at radius 2 is 0.920 bits per heavy atom. The van der Waals surface area contributed by atoms with Crippen LogP contribution in [0.5, 0.6) is 0 Å². The van der Waals surface area contributed by atoms with Gasteiger partial charge in [0.15, 0.2) is 16.2 Å². The van der Waals surface area contributed by atoms with Gasteiger partial charge in [-0.05, 0) is 213 Å². The summed E-state index contributed by atoms with van der Waals surface area (Å²) in [5, 5.41) is 29.6. The summed E-state index contributed by atoms with van der Waals surface area (Å²) in [4.78, 5) is 84.5. The predicted molar refractivity (Wildman–Crippen MR) is 423 cm³/mol. The normalized spacial score (nSPS) is 23.6. The van der Waals surface area contributed by atoms with Crippen LogP contribution in [0.4, 0.5) is 13.2 Å². The fourth-order valence-electron chi connectivity index (χ4n) is 14.0. The topological polar surface area (TPSA) is 307 Å². The summed E-state index contributed by atoms with van der Waals surface area (Å²) < 4.78 is 110. The molecule has 3 N–H and O–H groups in total. The molecular formula is C79H96BBr2Cl4F3O22S. The van der Waals surface area contributed by atoms with E-state index in [4.69, 9.17) is 99.1 Å². The molecule has 4 saturated heterocycles. The fraction of sp³-hybridized carbons (Fsp3) is 0.532. The SMILES string of the molecule is CCOC(=O)C1(C(=O)OCC)CC=C(OS(=O)(=O)C(F)(F)F)CC1.CCOC(=O)C1(C(=O)OCC)CC=C(c2ccc(Cl)cc2)CC1.CCOC(=O)C1(C(=O)OCC)CCC(=O)CC1.COC=CC12CCC(c3ccc(Cl)cc3)(OC1)C(Br)C2.OB(O)c1ccc(Cl)cc1.OCC12CCC(c3ccc(Cl)cc3)(OC1)C(Br)C2. The quantitative estimate of drug-likeness (QED) is 0.0102. The van der Waals surface area contributed by atoms with Crippen molar-refractivity contribution >= 4 is 148 Å². The Morgan fingerprint density at radius 1 is 0.536 bits per heavy atom. The zero-order chi connectivity index (χ0) is 82.9. The number of ether oxygens (including phenoxy) is 9. The average molecular weight is 1800 g/mol. The van der Waals surface area contributed by atoms with Gasteiger partial charge < -0.3 is 62.0 Å². The molecule has 0 spiro atoms. The molecule has 112 heavy (non-hydrogen) atoms. The molecule has 13 rings (SSSR count). The second-order valence-corrected chi connectivity index (χ2v) is 33.1. The number of halogens is 9. The van der Waals surface area contributed by atoms with Gasteiger partial charge in [0.05, 0.1) is 72.8 Å². The molecule has 4 aromatic rings. The molecule has 0 radical (unpaired) electrons. The lowest BCUT2D eigenvalue weighted by Gasteiger charge is -2.55. The van der Waals surface area contributed by atoms with Crippen LogP contribution in [0, 0.1) is 27.1 Å². The van der Waals surface area contributed by atoms with Crippen molar-refractivity contribution in [3.63, 3.8) is 0 Å². The lowest BCUT2D eigenvalue weighted by Crippen LogP contribution is -2.56. The number of ketones is 1. The number of hydrogen-bond donors (Lipinski definition) is 3. The Hall–Kier alpha value is -6.09. The molecule has 6 atom stereocenters. The molecule has 3 saturated carbocycles. The van der Waals surface area contributed by atoms with E-state index < -0.39 is 80.6 Å². The van der Waals surface area contributed by atoms with Crippen LogP contribution < -0.4 is 5.46 Å². The summed E-state index contributed by atoms with van der Waals surface area (Å²) in [7, 11) is -5.52. The number of aliphatic hydroxyl groups excluding tert-OH is 1. The lowest BCUT2D eigenvalue weighted by molar-refractivity contribution is -0.193. The molecular weight excluding hydrogens is 1700 g/mol. The minimum atomic E-state index is -5.80. The van der Waals surface area contributed by atoms with E-state index in [1.165, 1.54) is 25.0 Å². The Balaban J connectivity index is 0.000000212. The molecule has 22 nitrogen and oxygen atoms in total. The number of rotatable bonds is 21. The van der Waals surface area contributed by atoms with Gasteiger partial charge in [0.1, 0.15) is 22.7 Å². The molecule has 4 aliphatic heterocycles. The third kappa shape index (κ3) is 23.6. The van der Waals surface area contributed by atoms with Gasteiger partial charge in [-0.2, -0.15) is 21.6 Å². The van der Waals surface area contributed by atoms with E-state index in [-0.39, 0.29) is 124 Å². The number of esters is 6. The van der Waals surface area contributed by atoms with E-state index >= 15 is 0 Å². The second kappa shape index (κ2) is 42.7. The van der Waals surface area contributed by atoms with Gasteiger partial charge in [-0.3, -0.25) is 33.6 Å². The summed E-state index contributed by atoms with van der Waals surface area (Å²) in [5.41, 5.74) is -5.16. The number of methoxy groups -OCH3 is 1. The standard InChI is InChI=1S/C18H21ClO4.C16H18BrClO2.C14H16BrClO2.C13H17F3O7S.C12H18O5.C6H6BClO2/c1-3-22-16(20)18(17(21)23-4-2)11-9-14(10-12-18)13-5-7-15(19)8-6-13;1-19-9-8-15-6-7-16(20-11-15,14(17)10-15)12-2-4-13(18)5-3-12;15-12-7-13(8-17)5-6-14(12,18-9-13)10-1-3-11(16)4-2-10;1-3-21-10(17)12(11(18)22-4-2)7-5-9(6-8-12)23-24(19,20)13(14,15)16;1-3-16-10(14)12(11(15)17-4-2)7-5-9(13)6-8-12;8-6-3-1-5(2-4-6)7(9)10/h5-9H,3-4,10-12H2,1-2H3;2-5,8-9,14H,6-7,10-11H2,1H3;1-4,12,17H,5-9H2;5H,3-4,6-8H2,1-2H3;3-8H2,1-2H3;1-4,9-10H. The lowest BCUT2D eigenvalue weighted by atomic mass is 9.64. The molecule has 4 heterocycles. The highest BCUT2D eigenvalue weighted by Gasteiger charge is 2.58. The van der Waals surface area contributed by atoms with Gasteiger partial charge in [-0.15, -0.1) is 0 Å². The van der Waals surface area contributed by atoms with Crippen LogP contribution in [0.1, 0.15) is 161 Å². The number of carbonyl (C=O) groups is 7. The maximum Gasteiger partial charge on any atom is 0.534 e. The third-order valence-electron chi connectivity index (χ3n) is 20.6. The Kier molecular flexibility index (Phi) is 36.1. The molecule has 6 unspecified atom stereocenters. The molecule has 616 valence electrons. The van der Waals surface area contributed by atoms with Crippen LogP contribution in [0.3, 0.4) is 0 Å². The molecule has 4 aromatic carbocycles. The van der Waals surface area contributed by atoms with Crippen LogP contribution in [-0.4, -0.2) is 154 Å². The van der Waals surface area contributed by atoms with Crippen molar-refractivity contribution in [1.82, 2.24) is 0 Å². The number of benzene rings is 4. The van der Waals surface area contributed by atoms with Crippen LogP contribution >= 0.6 is 78.3 Å². The maximum absolute atomic E-state index is 12.4. The van der Waals surface area contributed by atoms with Gasteiger partial charge in [0, 0.05) is 59.8 Å². The molecule has 5 aliphatic carbocycles. The van der Waals surface area contributed by atoms with Gasteiger partial charge in [-0.1, -0.05) is 133 Å². The van der Waals surface area contributed by atoms with Crippen molar-refractivity contribution in [2.24, 2.45) is 27.1 Å². The number of fused-ring (bicyclic) bond motifs is 6. The number of hydrogen-bond acceptors (Lipinski definition) is 22. The number of carbonyl (C=O) groups excluding carboxylic acids is 7. The van der Waals surface area contributed by atoms with Gasteiger partial charge in [0.25, 0.3) is 0 Å². The van der Waals surface area contributed by atoms with Crippen molar-refractivity contribution in [1.29, 1.82) is 0 Å². The largest absolute Gasteiger partial charge is 0.534 e. The first-order valence-electron chi connectivity index (χ1n) is 36.7. The van der Waals surface area contributed by atoms with Crippen molar-refractivity contribution in [2.75, 3.05) is 66.6 Å². The molecule has 7 fully saturated rings. The second-order valence-electron chi connectivity index (χ2n) is 27.6. The van der Waals surface area contributed by atoms with Crippen molar-refractivity contribution < 1.29 is 117 Å². The maximum atomic E-state index is 12.4. The molecule has 9 aliphatic rings. The minimum absolute atomic E-state index is 0.00445. The van der Waals surface area contributed by atoms with Crippen molar-refractivity contribution in [3.05, 3.63) is 164 Å². The van der Waals surface area contributed by atoms with Gasteiger partial charge in [-0.25, -0.2) is 0 Å². The zero-order valence-corrected chi connectivity index (χ0v) is 70.4. The molecule has 4 bridgehead atoms.